The van der Waals surface area contributed by atoms with E-state index in [0.717, 1.165) is 24.0 Å². The van der Waals surface area contributed by atoms with E-state index < -0.39 is 53.2 Å². The molecule has 1 spiro atoms. The van der Waals surface area contributed by atoms with Crippen molar-refractivity contribution >= 4 is 41.6 Å². The number of ether oxygens (including phenoxy) is 2. The zero-order chi connectivity index (χ0) is 48.7. The molecule has 4 rings (SSSR count). The number of hydrogen-bond donors (Lipinski definition) is 4. The van der Waals surface area contributed by atoms with Crippen molar-refractivity contribution in [2.45, 2.75) is 143 Å². The Hall–Kier alpha value is -5.47. The number of nitrogens with zero attached hydrogens (tertiary/aromatic N) is 2. The molecular weight excluding hydrogens is 841 g/mol. The van der Waals surface area contributed by atoms with E-state index >= 15 is 0 Å². The number of unbranched alkanes of at least 4 members (excludes halogenated alkanes) is 1. The summed E-state index contributed by atoms with van der Waals surface area (Å²) in [5.41, 5.74) is 0.133. The van der Waals surface area contributed by atoms with Crippen LogP contribution in [0.5, 0.6) is 0 Å². The minimum absolute atomic E-state index is 0.00529. The molecule has 6 amide bonds. The average molecular weight is 917 g/mol. The number of piperidine rings is 1. The molecular formula is C51H76N6O9. The Labute approximate surface area is 392 Å². The van der Waals surface area contributed by atoms with Gasteiger partial charge in [-0.3, -0.25) is 19.2 Å². The molecule has 0 aromatic heterocycles. The third kappa shape index (κ3) is 17.7. The number of ketones is 2. The molecule has 0 unspecified atom stereocenters. The van der Waals surface area contributed by atoms with E-state index in [-0.39, 0.29) is 60.5 Å². The van der Waals surface area contributed by atoms with E-state index in [2.05, 4.69) is 21.3 Å². The van der Waals surface area contributed by atoms with Crippen LogP contribution in [-0.4, -0.2) is 114 Å². The van der Waals surface area contributed by atoms with E-state index in [0.29, 0.717) is 58.4 Å². The van der Waals surface area contributed by atoms with E-state index in [9.17, 15) is 33.6 Å². The monoisotopic (exact) mass is 917 g/mol. The van der Waals surface area contributed by atoms with Gasteiger partial charge in [-0.25, -0.2) is 14.4 Å². The summed E-state index contributed by atoms with van der Waals surface area (Å²) in [5, 5.41) is 11.2. The lowest BCUT2D eigenvalue weighted by Crippen LogP contribution is -2.63. The van der Waals surface area contributed by atoms with Crippen molar-refractivity contribution < 1.29 is 43.0 Å². The lowest BCUT2D eigenvalue weighted by Gasteiger charge is -2.54. The zero-order valence-electron chi connectivity index (χ0n) is 40.8. The predicted octanol–water partition coefficient (Wildman–Crippen LogP) is 7.01. The highest BCUT2D eigenvalue weighted by Gasteiger charge is 2.48. The van der Waals surface area contributed by atoms with Crippen LogP contribution in [0.25, 0.3) is 0 Å². The fourth-order valence-electron chi connectivity index (χ4n) is 8.67. The number of likely N-dealkylation sites (tertiary alicyclic amines) is 2. The number of amides is 6. The molecule has 0 aliphatic carbocycles. The third-order valence-electron chi connectivity index (χ3n) is 12.1. The molecule has 2 aromatic carbocycles. The topological polar surface area (TPSA) is 193 Å². The highest BCUT2D eigenvalue weighted by Crippen LogP contribution is 2.41. The number of benzene rings is 2. The zero-order valence-corrected chi connectivity index (χ0v) is 40.8. The van der Waals surface area contributed by atoms with Crippen molar-refractivity contribution in [3.8, 4) is 0 Å². The third-order valence-corrected chi connectivity index (χ3v) is 12.1. The Bertz CT molecular complexity index is 1930. The molecule has 66 heavy (non-hydrogen) atoms. The molecule has 0 bridgehead atoms. The van der Waals surface area contributed by atoms with Crippen LogP contribution in [0.1, 0.15) is 118 Å². The molecule has 2 heterocycles. The minimum atomic E-state index is -0.989. The van der Waals surface area contributed by atoms with Gasteiger partial charge in [-0.15, -0.1) is 0 Å². The van der Waals surface area contributed by atoms with Crippen LogP contribution in [-0.2, 0) is 41.5 Å². The summed E-state index contributed by atoms with van der Waals surface area (Å²) < 4.78 is 10.9. The Morgan fingerprint density at radius 3 is 1.74 bits per heavy atom. The van der Waals surface area contributed by atoms with Crippen LogP contribution in [0.4, 0.5) is 14.4 Å². The van der Waals surface area contributed by atoms with Crippen LogP contribution < -0.4 is 21.3 Å². The first kappa shape index (κ1) is 53.1. The van der Waals surface area contributed by atoms with E-state index in [1.807, 2.05) is 79.4 Å². The van der Waals surface area contributed by atoms with Crippen LogP contribution in [0.15, 0.2) is 60.7 Å². The highest BCUT2D eigenvalue weighted by atomic mass is 16.6. The fourth-order valence-corrected chi connectivity index (χ4v) is 8.67. The second-order valence-electron chi connectivity index (χ2n) is 20.7. The number of urea groups is 1. The lowest BCUT2D eigenvalue weighted by atomic mass is 9.71. The van der Waals surface area contributed by atoms with E-state index in [4.69, 9.17) is 9.47 Å². The number of alkyl carbamates (subject to hydrolysis) is 2. The van der Waals surface area contributed by atoms with Gasteiger partial charge in [0.25, 0.3) is 0 Å². The van der Waals surface area contributed by atoms with Gasteiger partial charge < -0.3 is 40.5 Å². The molecule has 15 nitrogen and oxygen atoms in total. The maximum atomic E-state index is 14.5. The first-order valence-corrected chi connectivity index (χ1v) is 23.7. The summed E-state index contributed by atoms with van der Waals surface area (Å²) >= 11 is 0. The summed E-state index contributed by atoms with van der Waals surface area (Å²) in [5.74, 6) is -2.75. The van der Waals surface area contributed by atoms with Crippen LogP contribution in [0.3, 0.4) is 0 Å². The molecule has 364 valence electrons. The Morgan fingerprint density at radius 2 is 1.20 bits per heavy atom. The number of Topliss-reactive ketones (excluding diaryl/α,β-unsaturated/α-hetero) is 2. The van der Waals surface area contributed by atoms with Crippen molar-refractivity contribution in [1.29, 1.82) is 0 Å². The summed E-state index contributed by atoms with van der Waals surface area (Å²) in [7, 11) is 1.61. The first-order chi connectivity index (χ1) is 31.0. The number of rotatable bonds is 21. The normalized spacial score (nSPS) is 16.5. The molecule has 4 N–H and O–H groups in total. The second kappa shape index (κ2) is 24.3. The van der Waals surface area contributed by atoms with Gasteiger partial charge in [0.05, 0.1) is 12.1 Å². The van der Waals surface area contributed by atoms with Crippen molar-refractivity contribution in [2.24, 2.45) is 23.2 Å². The van der Waals surface area contributed by atoms with E-state index in [1.165, 1.54) is 0 Å². The Balaban J connectivity index is 1.52. The lowest BCUT2D eigenvalue weighted by molar-refractivity contribution is -0.152. The molecule has 4 atom stereocenters. The van der Waals surface area contributed by atoms with E-state index in [1.54, 1.807) is 53.5 Å². The van der Waals surface area contributed by atoms with Crippen molar-refractivity contribution in [3.63, 3.8) is 0 Å². The summed E-state index contributed by atoms with van der Waals surface area (Å²) in [4.78, 5) is 98.8. The average Bonchev–Trinajstić information content (AvgIpc) is 3.23. The molecule has 2 saturated heterocycles. The number of carbonyl (C=O) groups excluding carboxylic acids is 7. The molecule has 2 aliphatic heterocycles. The maximum Gasteiger partial charge on any atom is 0.408 e. The van der Waals surface area contributed by atoms with Gasteiger partial charge >= 0.3 is 18.2 Å². The summed E-state index contributed by atoms with van der Waals surface area (Å²) in [6, 6.07) is 16.6. The number of hydrogen-bond acceptors (Lipinski definition) is 9. The Kier molecular flexibility index (Phi) is 19.6. The maximum absolute atomic E-state index is 14.5. The van der Waals surface area contributed by atoms with Crippen LogP contribution in [0, 0.1) is 23.2 Å². The molecule has 15 heteroatoms. The number of nitrogens with one attached hydrogen (secondary N) is 4. The molecule has 2 aromatic rings. The van der Waals surface area contributed by atoms with Crippen LogP contribution in [0.2, 0.25) is 0 Å². The second-order valence-corrected chi connectivity index (χ2v) is 20.7. The smallest absolute Gasteiger partial charge is 0.408 e. The quantitative estimate of drug-likeness (QED) is 0.0955. The largest absolute Gasteiger partial charge is 0.444 e. The molecule has 2 fully saturated rings. The van der Waals surface area contributed by atoms with Gasteiger partial charge in [-0.05, 0) is 104 Å². The van der Waals surface area contributed by atoms with Gasteiger partial charge in [-0.1, -0.05) is 80.9 Å². The standard InChI is InChI=1S/C51H76N6O9/c1-35(2)28-40(54-44(60)39(29-36-18-12-10-13-19-36)32-43(59)41(30-37-20-14-11-15-21-37)55-48(64)66-50(6,7)8)42(58)31-38(22-16-17-25-53-47(63)65-49(3,4)5)45(61)57-33-51(34-57)23-26-56(27-24-51)46(62)52-9/h10-15,18-21,35,38-41H,16-17,22-34H2,1-9H3,(H,52,62)(H,53,63)(H,54,60)(H,55,64)/t38-,39-,40+,41+/m0/s1. The SMILES string of the molecule is CNC(=O)N1CCC2(CC1)CN(C(=O)[C@@H](CCCCNC(=O)OC(C)(C)C)CC(=O)[C@@H](CC(C)C)NC(=O)[C@H](CC(=O)[C@@H](Cc1ccccc1)NC(=O)OC(C)(C)C)Cc1ccccc1)C2. The first-order valence-electron chi connectivity index (χ1n) is 23.7. The number of carbonyl (C=O) groups is 7. The highest BCUT2D eigenvalue weighted by molar-refractivity contribution is 5.95. The van der Waals surface area contributed by atoms with Gasteiger partial charge in [-0.2, -0.15) is 0 Å². The van der Waals surface area contributed by atoms with Gasteiger partial charge in [0.2, 0.25) is 11.8 Å². The Morgan fingerprint density at radius 1 is 0.667 bits per heavy atom. The van der Waals surface area contributed by atoms with Crippen molar-refractivity contribution in [1.82, 2.24) is 31.1 Å². The predicted molar refractivity (Wildman–Crippen MR) is 253 cm³/mol. The minimum Gasteiger partial charge on any atom is -0.444 e. The van der Waals surface area contributed by atoms with Gasteiger partial charge in [0, 0.05) is 69.9 Å². The van der Waals surface area contributed by atoms with Crippen molar-refractivity contribution in [3.05, 3.63) is 71.8 Å². The van der Waals surface area contributed by atoms with Crippen molar-refractivity contribution in [2.75, 3.05) is 39.8 Å². The van der Waals surface area contributed by atoms with Gasteiger partial charge in [0.1, 0.15) is 11.2 Å². The molecule has 0 saturated carbocycles. The molecule has 0 radical (unpaired) electrons. The van der Waals surface area contributed by atoms with Gasteiger partial charge in [0.15, 0.2) is 11.6 Å². The summed E-state index contributed by atoms with van der Waals surface area (Å²) in [6.07, 6.45) is 2.22. The fraction of sp³-hybridized carbons (Fsp3) is 0.627. The molecule has 2 aliphatic rings. The van der Waals surface area contributed by atoms with Crippen LogP contribution >= 0.6 is 0 Å². The summed E-state index contributed by atoms with van der Waals surface area (Å²) in [6.45, 7) is 17.2.